The fourth-order valence-electron chi connectivity index (χ4n) is 4.86. The van der Waals surface area contributed by atoms with Crippen LogP contribution in [0.15, 0.2) is 42.5 Å². The third-order valence-electron chi connectivity index (χ3n) is 6.30. The Hall–Kier alpha value is -1.81. The molecule has 2 aromatic rings. The standard InChI is InChI=1S/C27H35O2P/c1-19(2)25-13-12-20(3)18-26(25)29-30(28,15-14-24-10-8-7-9-11-24)27-22(5)16-21(4)17-23(27)6/h7-11,16-17,19-20,25-26H,12-13,18H2,1-6H3/t20-,25-,26+,30?/m0/s1. The second kappa shape index (κ2) is 9.55. The first-order valence-electron chi connectivity index (χ1n) is 11.1. The quantitative estimate of drug-likeness (QED) is 0.392. The number of aryl methyl sites for hydroxylation is 3. The summed E-state index contributed by atoms with van der Waals surface area (Å²) < 4.78 is 21.1. The van der Waals surface area contributed by atoms with Crippen LogP contribution in [0.4, 0.5) is 0 Å². The lowest BCUT2D eigenvalue weighted by atomic mass is 9.75. The number of hydrogen-bond donors (Lipinski definition) is 0. The van der Waals surface area contributed by atoms with Crippen molar-refractivity contribution in [2.24, 2.45) is 17.8 Å². The topological polar surface area (TPSA) is 26.3 Å². The Kier molecular flexibility index (Phi) is 7.28. The van der Waals surface area contributed by atoms with Gasteiger partial charge in [-0.15, -0.1) is 0 Å². The van der Waals surface area contributed by atoms with Gasteiger partial charge >= 0.3 is 7.37 Å². The van der Waals surface area contributed by atoms with E-state index in [0.29, 0.717) is 17.8 Å². The van der Waals surface area contributed by atoms with Gasteiger partial charge in [-0.3, -0.25) is 4.57 Å². The van der Waals surface area contributed by atoms with E-state index in [4.69, 9.17) is 4.52 Å². The van der Waals surface area contributed by atoms with Crippen LogP contribution in [0.3, 0.4) is 0 Å². The van der Waals surface area contributed by atoms with Crippen molar-refractivity contribution < 1.29 is 9.09 Å². The molecule has 0 spiro atoms. The smallest absolute Gasteiger partial charge is 0.304 e. The van der Waals surface area contributed by atoms with E-state index in [2.05, 4.69) is 51.4 Å². The van der Waals surface area contributed by atoms with Crippen LogP contribution in [0.5, 0.6) is 0 Å². The van der Waals surface area contributed by atoms with Crippen LogP contribution < -0.4 is 5.30 Å². The molecule has 30 heavy (non-hydrogen) atoms. The van der Waals surface area contributed by atoms with Crippen LogP contribution in [0.2, 0.25) is 0 Å². The molecule has 1 unspecified atom stereocenters. The molecule has 0 aromatic heterocycles. The number of benzene rings is 2. The van der Waals surface area contributed by atoms with Gasteiger partial charge in [-0.05, 0) is 80.3 Å². The molecule has 0 N–H and O–H groups in total. The van der Waals surface area contributed by atoms with Gasteiger partial charge in [-0.25, -0.2) is 0 Å². The normalized spacial score (nSPS) is 23.5. The Labute approximate surface area is 182 Å². The Morgan fingerprint density at radius 3 is 2.27 bits per heavy atom. The van der Waals surface area contributed by atoms with Gasteiger partial charge in [0.25, 0.3) is 0 Å². The van der Waals surface area contributed by atoms with Gasteiger partial charge < -0.3 is 4.52 Å². The highest BCUT2D eigenvalue weighted by atomic mass is 31.2. The molecule has 1 saturated carbocycles. The highest BCUT2D eigenvalue weighted by Crippen LogP contribution is 2.52. The summed E-state index contributed by atoms with van der Waals surface area (Å²) in [5.41, 5.74) is 7.17. The van der Waals surface area contributed by atoms with Crippen LogP contribution in [-0.2, 0) is 9.09 Å². The van der Waals surface area contributed by atoms with Crippen molar-refractivity contribution >= 4 is 12.7 Å². The Morgan fingerprint density at radius 1 is 1.03 bits per heavy atom. The van der Waals surface area contributed by atoms with Crippen LogP contribution in [0.1, 0.15) is 62.3 Å². The van der Waals surface area contributed by atoms with Gasteiger partial charge in [0.05, 0.1) is 11.4 Å². The molecule has 1 aliphatic rings. The lowest BCUT2D eigenvalue weighted by Gasteiger charge is -2.38. The Morgan fingerprint density at radius 2 is 1.67 bits per heavy atom. The molecule has 3 rings (SSSR count). The first kappa shape index (κ1) is 22.9. The van der Waals surface area contributed by atoms with Crippen molar-refractivity contribution in [2.75, 3.05) is 0 Å². The van der Waals surface area contributed by atoms with Gasteiger partial charge in [0.1, 0.15) is 0 Å². The van der Waals surface area contributed by atoms with Gasteiger partial charge in [0, 0.05) is 5.56 Å². The minimum atomic E-state index is -3.37. The average Bonchev–Trinajstić information content (AvgIpc) is 2.66. The third-order valence-corrected chi connectivity index (χ3v) is 8.56. The van der Waals surface area contributed by atoms with E-state index in [0.717, 1.165) is 34.8 Å². The molecular weight excluding hydrogens is 387 g/mol. The summed E-state index contributed by atoms with van der Waals surface area (Å²) in [6, 6.07) is 14.0. The van der Waals surface area contributed by atoms with E-state index in [1.807, 2.05) is 44.2 Å². The lowest BCUT2D eigenvalue weighted by molar-refractivity contribution is 0.0515. The third kappa shape index (κ3) is 5.26. The van der Waals surface area contributed by atoms with E-state index >= 15 is 0 Å². The van der Waals surface area contributed by atoms with Crippen LogP contribution in [0.25, 0.3) is 0 Å². The Bertz CT molecular complexity index is 958. The van der Waals surface area contributed by atoms with Gasteiger partial charge in [-0.2, -0.15) is 0 Å². The minimum absolute atomic E-state index is 0.0234. The maximum absolute atomic E-state index is 14.5. The van der Waals surface area contributed by atoms with Crippen LogP contribution in [-0.4, -0.2) is 6.10 Å². The molecule has 0 bridgehead atoms. The first-order valence-corrected chi connectivity index (χ1v) is 12.8. The van der Waals surface area contributed by atoms with E-state index in [1.165, 1.54) is 12.0 Å². The van der Waals surface area contributed by atoms with E-state index in [-0.39, 0.29) is 6.10 Å². The van der Waals surface area contributed by atoms with Crippen molar-refractivity contribution in [1.82, 2.24) is 0 Å². The number of rotatable bonds is 4. The summed E-state index contributed by atoms with van der Waals surface area (Å²) in [6.45, 7) is 12.9. The summed E-state index contributed by atoms with van der Waals surface area (Å²) in [7, 11) is -3.37. The zero-order valence-electron chi connectivity index (χ0n) is 19.2. The summed E-state index contributed by atoms with van der Waals surface area (Å²) in [4.78, 5) is 0. The molecule has 0 saturated heterocycles. The molecule has 0 amide bonds. The van der Waals surface area contributed by atoms with E-state index < -0.39 is 7.37 Å². The molecule has 1 aliphatic carbocycles. The van der Waals surface area contributed by atoms with Crippen molar-refractivity contribution in [3.8, 4) is 11.6 Å². The van der Waals surface area contributed by atoms with Crippen molar-refractivity contribution in [3.63, 3.8) is 0 Å². The minimum Gasteiger partial charge on any atom is -0.313 e. The van der Waals surface area contributed by atoms with Crippen molar-refractivity contribution in [1.29, 1.82) is 0 Å². The molecular formula is C27H35O2P. The van der Waals surface area contributed by atoms with Crippen LogP contribution >= 0.6 is 7.37 Å². The predicted octanol–water partition coefficient (Wildman–Crippen LogP) is 7.00. The summed E-state index contributed by atoms with van der Waals surface area (Å²) in [6.07, 6.45) is 3.26. The summed E-state index contributed by atoms with van der Waals surface area (Å²) in [5.74, 6) is 4.66. The number of hydrogen-bond acceptors (Lipinski definition) is 2. The van der Waals surface area contributed by atoms with Crippen molar-refractivity contribution in [3.05, 3.63) is 64.7 Å². The fourth-order valence-corrected chi connectivity index (χ4v) is 7.09. The van der Waals surface area contributed by atoms with Crippen molar-refractivity contribution in [2.45, 2.75) is 66.9 Å². The van der Waals surface area contributed by atoms with E-state index in [1.54, 1.807) is 0 Å². The second-order valence-electron chi connectivity index (χ2n) is 9.37. The molecule has 0 radical (unpaired) electrons. The van der Waals surface area contributed by atoms with E-state index in [9.17, 15) is 4.57 Å². The average molecular weight is 423 g/mol. The highest BCUT2D eigenvalue weighted by Gasteiger charge is 2.38. The molecule has 2 nitrogen and oxygen atoms in total. The maximum Gasteiger partial charge on any atom is 0.304 e. The molecule has 1 fully saturated rings. The fraction of sp³-hybridized carbons (Fsp3) is 0.481. The molecule has 0 aliphatic heterocycles. The lowest BCUT2D eigenvalue weighted by Crippen LogP contribution is -2.34. The Balaban J connectivity index is 2.08. The summed E-state index contributed by atoms with van der Waals surface area (Å²) in [5, 5.41) is 0.789. The SMILES string of the molecule is Cc1cc(C)c(P(=O)(C#Cc2ccccc2)O[C@@H]2C[C@@H](C)CC[C@H]2C(C)C)c(C)c1. The predicted molar refractivity (Wildman–Crippen MR) is 127 cm³/mol. The van der Waals surface area contributed by atoms with Crippen LogP contribution in [0, 0.1) is 50.1 Å². The zero-order chi connectivity index (χ0) is 21.9. The molecule has 2 aromatic carbocycles. The van der Waals surface area contributed by atoms with Gasteiger partial charge in [-0.1, -0.05) is 69.0 Å². The molecule has 0 heterocycles. The van der Waals surface area contributed by atoms with Gasteiger partial charge in [0.2, 0.25) is 0 Å². The largest absolute Gasteiger partial charge is 0.313 e. The summed E-state index contributed by atoms with van der Waals surface area (Å²) >= 11 is 0. The maximum atomic E-state index is 14.5. The molecule has 160 valence electrons. The monoisotopic (exact) mass is 422 g/mol. The molecule has 3 heteroatoms. The van der Waals surface area contributed by atoms with Gasteiger partial charge in [0.15, 0.2) is 0 Å². The zero-order valence-corrected chi connectivity index (χ0v) is 20.1. The first-order chi connectivity index (χ1) is 14.2. The highest BCUT2D eigenvalue weighted by molar-refractivity contribution is 7.72. The second-order valence-corrected chi connectivity index (χ2v) is 11.4. The molecule has 4 atom stereocenters.